The molecule has 0 fully saturated rings. The molecule has 0 aliphatic rings. The van der Waals surface area contributed by atoms with Gasteiger partial charge in [-0.3, -0.25) is 0 Å². The molecule has 0 spiro atoms. The van der Waals surface area contributed by atoms with Crippen LogP contribution in [0.15, 0.2) is 36.4 Å². The summed E-state index contributed by atoms with van der Waals surface area (Å²) >= 11 is 0. The Bertz CT molecular complexity index is 807. The quantitative estimate of drug-likeness (QED) is 0.662. The fraction of sp³-hybridized carbons (Fsp3) is 0.500. The van der Waals surface area contributed by atoms with Gasteiger partial charge in [-0.15, -0.1) is 0 Å². The molecule has 0 radical (unpaired) electrons. The molecule has 0 saturated carbocycles. The molecule has 0 bridgehead atoms. The van der Waals surface area contributed by atoms with Crippen LogP contribution in [0.2, 0.25) is 39.3 Å². The molecule has 2 nitrogen and oxygen atoms in total. The van der Waals surface area contributed by atoms with Crippen LogP contribution in [0.5, 0.6) is 5.75 Å². The van der Waals surface area contributed by atoms with Gasteiger partial charge in [0.15, 0.2) is 0 Å². The van der Waals surface area contributed by atoms with E-state index in [9.17, 15) is 5.11 Å². The minimum absolute atomic E-state index is 0.0680. The molecule has 2 rings (SSSR count). The van der Waals surface area contributed by atoms with Crippen LogP contribution >= 0.6 is 0 Å². The monoisotopic (exact) mass is 413 g/mol. The van der Waals surface area contributed by atoms with E-state index in [1.165, 1.54) is 16.1 Å². The van der Waals surface area contributed by atoms with E-state index in [0.29, 0.717) is 12.3 Å². The van der Waals surface area contributed by atoms with Crippen molar-refractivity contribution >= 4 is 32.2 Å². The average Bonchev–Trinajstić information content (AvgIpc) is 2.53. The molecule has 0 aliphatic carbocycles. The number of benzene rings is 2. The van der Waals surface area contributed by atoms with Gasteiger partial charge in [0.25, 0.3) is 0 Å². The Balaban J connectivity index is 2.46. The lowest BCUT2D eigenvalue weighted by molar-refractivity contribution is 0.440. The van der Waals surface area contributed by atoms with Gasteiger partial charge in [0.05, 0.1) is 16.1 Å². The Morgan fingerprint density at radius 3 is 1.79 bits per heavy atom. The van der Waals surface area contributed by atoms with E-state index in [0.717, 1.165) is 11.1 Å². The summed E-state index contributed by atoms with van der Waals surface area (Å²) in [5.41, 5.74) is 3.19. The van der Waals surface area contributed by atoms with Crippen molar-refractivity contribution in [1.82, 2.24) is 0 Å². The van der Waals surface area contributed by atoms with Crippen LogP contribution in [0.3, 0.4) is 0 Å². The summed E-state index contributed by atoms with van der Waals surface area (Å²) in [6, 6.07) is 13.4. The maximum atomic E-state index is 10.9. The van der Waals surface area contributed by atoms with Gasteiger partial charge in [-0.25, -0.2) is 0 Å². The molecule has 0 unspecified atom stereocenters. The Kier molecular flexibility index (Phi) is 6.27. The van der Waals surface area contributed by atoms with Gasteiger partial charge >= 0.3 is 0 Å². The number of hydrogen-bond acceptors (Lipinski definition) is 2. The normalized spacial score (nSPS) is 12.9. The number of hydrogen-bond donors (Lipinski definition) is 1. The lowest BCUT2D eigenvalue weighted by Crippen LogP contribution is -2.45. The van der Waals surface area contributed by atoms with Crippen molar-refractivity contribution < 1.29 is 5.11 Å². The maximum absolute atomic E-state index is 10.9. The summed E-state index contributed by atoms with van der Waals surface area (Å²) in [6.45, 7) is 21.6. The van der Waals surface area contributed by atoms with Crippen LogP contribution in [-0.2, 0) is 12.0 Å². The van der Waals surface area contributed by atoms with Crippen molar-refractivity contribution in [3.05, 3.63) is 47.5 Å². The van der Waals surface area contributed by atoms with Crippen LogP contribution in [0.4, 0.5) is 5.69 Å². The smallest absolute Gasteiger partial charge is 0.124 e. The van der Waals surface area contributed by atoms with Gasteiger partial charge in [0.2, 0.25) is 0 Å². The first-order valence-corrected chi connectivity index (χ1v) is 17.3. The molecular formula is C24H39NOSi2. The molecule has 0 aromatic heterocycles. The van der Waals surface area contributed by atoms with Gasteiger partial charge in [-0.05, 0) is 23.1 Å². The van der Waals surface area contributed by atoms with Crippen molar-refractivity contribution in [3.63, 3.8) is 0 Å². The van der Waals surface area contributed by atoms with E-state index in [1.807, 2.05) is 12.1 Å². The standard InChI is InChI=1S/C24H39NOSi2/c1-24(2,3)22-13-11-12-18(23(22)26)17-25(4)19-14-20(27(5,6)7)16-21(15-19)28(8,9)10/h11-16,26H,17H2,1-10H3. The largest absolute Gasteiger partial charge is 0.507 e. The van der Waals surface area contributed by atoms with Gasteiger partial charge < -0.3 is 10.0 Å². The zero-order chi connectivity index (χ0) is 21.5. The second-order valence-electron chi connectivity index (χ2n) is 11.2. The van der Waals surface area contributed by atoms with Crippen LogP contribution < -0.4 is 15.3 Å². The molecule has 4 heteroatoms. The molecule has 28 heavy (non-hydrogen) atoms. The highest BCUT2D eigenvalue weighted by Crippen LogP contribution is 2.34. The first kappa shape index (κ1) is 22.8. The van der Waals surface area contributed by atoms with Crippen LogP contribution in [0.1, 0.15) is 31.9 Å². The number of rotatable bonds is 5. The van der Waals surface area contributed by atoms with Crippen LogP contribution in [0, 0.1) is 0 Å². The third kappa shape index (κ3) is 5.29. The number of aromatic hydroxyl groups is 1. The summed E-state index contributed by atoms with van der Waals surface area (Å²) in [7, 11) is -0.683. The van der Waals surface area contributed by atoms with E-state index in [-0.39, 0.29) is 5.41 Å². The first-order chi connectivity index (χ1) is 12.6. The summed E-state index contributed by atoms with van der Waals surface area (Å²) in [6.07, 6.45) is 0. The highest BCUT2D eigenvalue weighted by Gasteiger charge is 2.24. The van der Waals surface area contributed by atoms with E-state index in [1.54, 1.807) is 0 Å². The van der Waals surface area contributed by atoms with Gasteiger partial charge in [0.1, 0.15) is 5.75 Å². The summed E-state index contributed by atoms with van der Waals surface area (Å²) in [4.78, 5) is 2.29. The van der Waals surface area contributed by atoms with Crippen molar-refractivity contribution in [1.29, 1.82) is 0 Å². The van der Waals surface area contributed by atoms with E-state index in [4.69, 9.17) is 0 Å². The fourth-order valence-electron chi connectivity index (χ4n) is 3.37. The lowest BCUT2D eigenvalue weighted by Gasteiger charge is -2.28. The van der Waals surface area contributed by atoms with E-state index < -0.39 is 16.1 Å². The third-order valence-electron chi connectivity index (χ3n) is 5.43. The average molecular weight is 414 g/mol. The lowest BCUT2D eigenvalue weighted by atomic mass is 9.85. The topological polar surface area (TPSA) is 23.5 Å². The summed E-state index contributed by atoms with van der Waals surface area (Å²) in [5.74, 6) is 0.439. The highest BCUT2D eigenvalue weighted by molar-refractivity contribution is 6.91. The summed E-state index contributed by atoms with van der Waals surface area (Å²) in [5, 5.41) is 13.9. The minimum Gasteiger partial charge on any atom is -0.507 e. The molecule has 2 aromatic rings. The van der Waals surface area contributed by atoms with Gasteiger partial charge in [0, 0.05) is 24.8 Å². The third-order valence-corrected chi connectivity index (χ3v) is 9.47. The predicted octanol–water partition coefficient (Wildman–Crippen LogP) is 5.42. The number of anilines is 1. The molecule has 154 valence electrons. The SMILES string of the molecule is CN(Cc1cccc(C(C)(C)C)c1O)c1cc([Si](C)(C)C)cc([Si](C)(C)C)c1. The van der Waals surface area contributed by atoms with Crippen LogP contribution in [-0.4, -0.2) is 28.3 Å². The predicted molar refractivity (Wildman–Crippen MR) is 131 cm³/mol. The number of phenolic OH excluding ortho intramolecular Hbond substituents is 1. The van der Waals surface area contributed by atoms with E-state index >= 15 is 0 Å². The van der Waals surface area contributed by atoms with Crippen molar-refractivity contribution in [3.8, 4) is 5.75 Å². The highest BCUT2D eigenvalue weighted by atomic mass is 28.3. The van der Waals surface area contributed by atoms with Crippen LogP contribution in [0.25, 0.3) is 0 Å². The zero-order valence-corrected chi connectivity index (χ0v) is 21.6. The molecule has 0 saturated heterocycles. The Morgan fingerprint density at radius 1 is 0.857 bits per heavy atom. The van der Waals surface area contributed by atoms with Crippen molar-refractivity contribution in [2.75, 3.05) is 11.9 Å². The second-order valence-corrected chi connectivity index (χ2v) is 21.3. The van der Waals surface area contributed by atoms with Gasteiger partial charge in [-0.1, -0.05) is 94.7 Å². The molecule has 0 atom stereocenters. The molecule has 0 heterocycles. The fourth-order valence-corrected chi connectivity index (χ4v) is 5.85. The van der Waals surface area contributed by atoms with Crippen molar-refractivity contribution in [2.24, 2.45) is 0 Å². The molecule has 0 amide bonds. The molecule has 0 aliphatic heterocycles. The number of nitrogens with zero attached hydrogens (tertiary/aromatic N) is 1. The van der Waals surface area contributed by atoms with Crippen molar-refractivity contribution in [2.45, 2.75) is 72.0 Å². The number of para-hydroxylation sites is 1. The first-order valence-electron chi connectivity index (χ1n) is 10.3. The molecule has 1 N–H and O–H groups in total. The molecule has 2 aromatic carbocycles. The number of phenols is 1. The minimum atomic E-state index is -1.41. The Morgan fingerprint density at radius 2 is 1.36 bits per heavy atom. The molecular weight excluding hydrogens is 374 g/mol. The zero-order valence-electron chi connectivity index (χ0n) is 19.6. The van der Waals surface area contributed by atoms with Gasteiger partial charge in [-0.2, -0.15) is 0 Å². The maximum Gasteiger partial charge on any atom is 0.124 e. The second kappa shape index (κ2) is 7.71. The van der Waals surface area contributed by atoms with E-state index in [2.05, 4.69) is 96.3 Å². The summed E-state index contributed by atoms with van der Waals surface area (Å²) < 4.78 is 0. The Labute approximate surface area is 174 Å². The Hall–Kier alpha value is -1.53.